The molecule has 0 unspecified atom stereocenters. The van der Waals surface area contributed by atoms with Gasteiger partial charge in [0.25, 0.3) is 5.91 Å². The SMILES string of the molecule is CC[C@@H](NC(=O)CNC(=O)c1ccccc1Cl)c1ccc(C)cc1. The molecule has 5 heteroatoms. The number of nitrogens with one attached hydrogen (secondary N) is 2. The lowest BCUT2D eigenvalue weighted by Crippen LogP contribution is -2.38. The quantitative estimate of drug-likeness (QED) is 0.840. The fourth-order valence-electron chi connectivity index (χ4n) is 2.37. The highest BCUT2D eigenvalue weighted by Gasteiger charge is 2.14. The molecule has 4 nitrogen and oxygen atoms in total. The van der Waals surface area contributed by atoms with Crippen molar-refractivity contribution < 1.29 is 9.59 Å². The summed E-state index contributed by atoms with van der Waals surface area (Å²) in [5.41, 5.74) is 2.58. The number of carbonyl (C=O) groups is 2. The van der Waals surface area contributed by atoms with Gasteiger partial charge in [-0.15, -0.1) is 0 Å². The Hall–Kier alpha value is -2.33. The summed E-state index contributed by atoms with van der Waals surface area (Å²) in [6.45, 7) is 3.94. The first-order chi connectivity index (χ1) is 11.5. The lowest BCUT2D eigenvalue weighted by molar-refractivity contribution is -0.120. The van der Waals surface area contributed by atoms with E-state index in [-0.39, 0.29) is 24.4 Å². The minimum atomic E-state index is -0.362. The second kappa shape index (κ2) is 8.50. The molecule has 0 aliphatic heterocycles. The van der Waals surface area contributed by atoms with Crippen LogP contribution in [0.3, 0.4) is 0 Å². The summed E-state index contributed by atoms with van der Waals surface area (Å²) in [5.74, 6) is -0.595. The molecular formula is C19H21ClN2O2. The minimum absolute atomic E-state index is 0.0738. The molecule has 0 saturated carbocycles. The number of aryl methyl sites for hydroxylation is 1. The number of amides is 2. The molecule has 24 heavy (non-hydrogen) atoms. The summed E-state index contributed by atoms with van der Waals surface area (Å²) in [6.07, 6.45) is 0.771. The van der Waals surface area contributed by atoms with E-state index in [9.17, 15) is 9.59 Å². The minimum Gasteiger partial charge on any atom is -0.348 e. The third-order valence-electron chi connectivity index (χ3n) is 3.75. The molecule has 0 fully saturated rings. The summed E-state index contributed by atoms with van der Waals surface area (Å²) >= 11 is 5.97. The number of hydrogen-bond acceptors (Lipinski definition) is 2. The lowest BCUT2D eigenvalue weighted by Gasteiger charge is -2.18. The van der Waals surface area contributed by atoms with Crippen LogP contribution in [0.1, 0.15) is 40.9 Å². The molecule has 2 aromatic carbocycles. The van der Waals surface area contributed by atoms with E-state index in [0.717, 1.165) is 12.0 Å². The van der Waals surface area contributed by atoms with Crippen molar-refractivity contribution in [3.63, 3.8) is 0 Å². The Morgan fingerprint density at radius 3 is 2.38 bits per heavy atom. The zero-order valence-corrected chi connectivity index (χ0v) is 14.6. The van der Waals surface area contributed by atoms with Gasteiger partial charge in [-0.05, 0) is 31.0 Å². The van der Waals surface area contributed by atoms with E-state index < -0.39 is 0 Å². The Balaban J connectivity index is 1.91. The molecular weight excluding hydrogens is 324 g/mol. The normalized spacial score (nSPS) is 11.6. The summed E-state index contributed by atoms with van der Waals surface area (Å²) in [4.78, 5) is 24.2. The molecule has 0 aliphatic carbocycles. The standard InChI is InChI=1S/C19H21ClN2O2/c1-3-17(14-10-8-13(2)9-11-14)22-18(23)12-21-19(24)15-6-4-5-7-16(15)20/h4-11,17H,3,12H2,1-2H3,(H,21,24)(H,22,23)/t17-/m1/s1. The summed E-state index contributed by atoms with van der Waals surface area (Å²) in [6, 6.07) is 14.7. The predicted octanol–water partition coefficient (Wildman–Crippen LogP) is 3.65. The van der Waals surface area contributed by atoms with Crippen molar-refractivity contribution in [2.75, 3.05) is 6.54 Å². The van der Waals surface area contributed by atoms with Crippen LogP contribution in [0.5, 0.6) is 0 Å². The molecule has 0 saturated heterocycles. The maximum atomic E-state index is 12.1. The van der Waals surface area contributed by atoms with Crippen LogP contribution in [-0.4, -0.2) is 18.4 Å². The first-order valence-electron chi connectivity index (χ1n) is 7.90. The zero-order valence-electron chi connectivity index (χ0n) is 13.8. The number of halogens is 1. The zero-order chi connectivity index (χ0) is 17.5. The van der Waals surface area contributed by atoms with Gasteiger partial charge in [0.05, 0.1) is 23.2 Å². The Kier molecular flexibility index (Phi) is 6.38. The molecule has 0 heterocycles. The second-order valence-electron chi connectivity index (χ2n) is 5.60. The van der Waals surface area contributed by atoms with Gasteiger partial charge in [-0.25, -0.2) is 0 Å². The van der Waals surface area contributed by atoms with Crippen LogP contribution in [-0.2, 0) is 4.79 Å². The molecule has 0 bridgehead atoms. The number of hydrogen-bond donors (Lipinski definition) is 2. The highest BCUT2D eigenvalue weighted by atomic mass is 35.5. The van der Waals surface area contributed by atoms with E-state index in [2.05, 4.69) is 10.6 Å². The Bertz CT molecular complexity index is 714. The molecule has 2 N–H and O–H groups in total. The summed E-state index contributed by atoms with van der Waals surface area (Å²) in [5, 5.41) is 5.89. The Morgan fingerprint density at radius 1 is 1.08 bits per heavy atom. The van der Waals surface area contributed by atoms with Crippen molar-refractivity contribution in [1.82, 2.24) is 10.6 Å². The van der Waals surface area contributed by atoms with Crippen LogP contribution in [0.25, 0.3) is 0 Å². The van der Waals surface area contributed by atoms with Crippen LogP contribution in [0.15, 0.2) is 48.5 Å². The highest BCUT2D eigenvalue weighted by Crippen LogP contribution is 2.17. The van der Waals surface area contributed by atoms with Gasteiger partial charge in [0.15, 0.2) is 0 Å². The van der Waals surface area contributed by atoms with Gasteiger partial charge in [0.1, 0.15) is 0 Å². The van der Waals surface area contributed by atoms with Crippen molar-refractivity contribution in [2.45, 2.75) is 26.3 Å². The third kappa shape index (κ3) is 4.83. The maximum absolute atomic E-state index is 12.1. The molecule has 1 atom stereocenters. The third-order valence-corrected chi connectivity index (χ3v) is 4.08. The summed E-state index contributed by atoms with van der Waals surface area (Å²) < 4.78 is 0. The van der Waals surface area contributed by atoms with E-state index in [1.807, 2.05) is 38.1 Å². The van der Waals surface area contributed by atoms with E-state index in [1.165, 1.54) is 5.56 Å². The van der Waals surface area contributed by atoms with Gasteiger partial charge >= 0.3 is 0 Å². The van der Waals surface area contributed by atoms with Gasteiger partial charge in [0, 0.05) is 0 Å². The van der Waals surface area contributed by atoms with E-state index in [1.54, 1.807) is 24.3 Å². The molecule has 2 rings (SSSR count). The predicted molar refractivity (Wildman–Crippen MR) is 96.1 cm³/mol. The summed E-state index contributed by atoms with van der Waals surface area (Å²) in [7, 11) is 0. The monoisotopic (exact) mass is 344 g/mol. The van der Waals surface area contributed by atoms with Gasteiger partial charge in [-0.1, -0.05) is 60.5 Å². The van der Waals surface area contributed by atoms with Crippen molar-refractivity contribution in [1.29, 1.82) is 0 Å². The van der Waals surface area contributed by atoms with Crippen LogP contribution in [0, 0.1) is 6.92 Å². The van der Waals surface area contributed by atoms with Crippen LogP contribution < -0.4 is 10.6 Å². The number of benzene rings is 2. The fraction of sp³-hybridized carbons (Fsp3) is 0.263. The average Bonchev–Trinajstić information content (AvgIpc) is 2.59. The maximum Gasteiger partial charge on any atom is 0.253 e. The molecule has 0 spiro atoms. The Morgan fingerprint density at radius 2 is 1.75 bits per heavy atom. The van der Waals surface area contributed by atoms with Crippen molar-refractivity contribution in [2.24, 2.45) is 0 Å². The van der Waals surface area contributed by atoms with Gasteiger partial charge in [-0.3, -0.25) is 9.59 Å². The molecule has 0 aromatic heterocycles. The number of carbonyl (C=O) groups excluding carboxylic acids is 2. The Labute approximate surface area is 147 Å². The first-order valence-corrected chi connectivity index (χ1v) is 8.27. The molecule has 126 valence electrons. The van der Waals surface area contributed by atoms with Crippen LogP contribution >= 0.6 is 11.6 Å². The molecule has 0 radical (unpaired) electrons. The van der Waals surface area contributed by atoms with Gasteiger partial charge in [-0.2, -0.15) is 0 Å². The van der Waals surface area contributed by atoms with Crippen LogP contribution in [0.4, 0.5) is 0 Å². The van der Waals surface area contributed by atoms with Crippen molar-refractivity contribution >= 4 is 23.4 Å². The second-order valence-corrected chi connectivity index (χ2v) is 6.01. The molecule has 0 aliphatic rings. The largest absolute Gasteiger partial charge is 0.348 e. The van der Waals surface area contributed by atoms with E-state index in [0.29, 0.717) is 10.6 Å². The fourth-order valence-corrected chi connectivity index (χ4v) is 2.59. The van der Waals surface area contributed by atoms with Crippen LogP contribution in [0.2, 0.25) is 5.02 Å². The van der Waals surface area contributed by atoms with Crippen molar-refractivity contribution in [3.05, 3.63) is 70.2 Å². The molecule has 2 amide bonds. The topological polar surface area (TPSA) is 58.2 Å². The van der Waals surface area contributed by atoms with Gasteiger partial charge < -0.3 is 10.6 Å². The van der Waals surface area contributed by atoms with Crippen molar-refractivity contribution in [3.8, 4) is 0 Å². The average molecular weight is 345 g/mol. The first kappa shape index (κ1) is 18.0. The smallest absolute Gasteiger partial charge is 0.253 e. The molecule has 2 aromatic rings. The highest BCUT2D eigenvalue weighted by molar-refractivity contribution is 6.33. The number of rotatable bonds is 6. The van der Waals surface area contributed by atoms with E-state index >= 15 is 0 Å². The lowest BCUT2D eigenvalue weighted by atomic mass is 10.0. The van der Waals surface area contributed by atoms with Gasteiger partial charge in [0.2, 0.25) is 5.91 Å². The van der Waals surface area contributed by atoms with E-state index in [4.69, 9.17) is 11.6 Å².